The van der Waals surface area contributed by atoms with Crippen molar-refractivity contribution >= 4 is 22.6 Å². The highest BCUT2D eigenvalue weighted by atomic mass is 32.1. The van der Waals surface area contributed by atoms with Crippen LogP contribution >= 0.6 is 11.5 Å². The summed E-state index contributed by atoms with van der Waals surface area (Å²) in [4.78, 5) is 15.0. The largest absolute Gasteiger partial charge is 0.355 e. The lowest BCUT2D eigenvalue weighted by Crippen LogP contribution is -2.30. The Kier molecular flexibility index (Phi) is 4.17. The molecule has 0 fully saturated rings. The van der Waals surface area contributed by atoms with E-state index in [4.69, 9.17) is 0 Å². The van der Waals surface area contributed by atoms with Crippen molar-refractivity contribution in [2.75, 3.05) is 18.4 Å². The molecule has 1 aromatic heterocycles. The Labute approximate surface area is 80.7 Å². The Morgan fingerprint density at radius 2 is 2.54 bits per heavy atom. The summed E-state index contributed by atoms with van der Waals surface area (Å²) in [6.07, 6.45) is 2.40. The number of carbonyl (C=O) groups is 1. The molecule has 1 aromatic rings. The van der Waals surface area contributed by atoms with Crippen molar-refractivity contribution in [3.8, 4) is 0 Å². The van der Waals surface area contributed by atoms with Crippen molar-refractivity contribution in [1.82, 2.24) is 14.7 Å². The number of rotatable bonds is 5. The number of hydrogen-bond donors (Lipinski definition) is 2. The fourth-order valence-electron chi connectivity index (χ4n) is 0.734. The summed E-state index contributed by atoms with van der Waals surface area (Å²) in [5.74, 6) is -0.0166. The summed E-state index contributed by atoms with van der Waals surface area (Å²) in [6.45, 7) is 2.99. The molecule has 0 aromatic carbocycles. The number of hydrogen-bond acceptors (Lipinski definition) is 5. The number of amides is 1. The molecule has 0 aliphatic heterocycles. The van der Waals surface area contributed by atoms with E-state index in [1.165, 1.54) is 17.9 Å². The summed E-state index contributed by atoms with van der Waals surface area (Å²) >= 11 is 1.24. The fourth-order valence-corrected chi connectivity index (χ4v) is 1.16. The van der Waals surface area contributed by atoms with E-state index < -0.39 is 0 Å². The molecule has 0 bridgehead atoms. The van der Waals surface area contributed by atoms with E-state index in [-0.39, 0.29) is 12.5 Å². The molecule has 0 saturated carbocycles. The molecule has 0 unspecified atom stereocenters. The number of anilines is 1. The third kappa shape index (κ3) is 3.84. The predicted octanol–water partition coefficient (Wildman–Crippen LogP) is 0.476. The Morgan fingerprint density at radius 3 is 3.15 bits per heavy atom. The van der Waals surface area contributed by atoms with Gasteiger partial charge in [-0.05, 0) is 6.42 Å². The first-order chi connectivity index (χ1) is 6.33. The maximum atomic E-state index is 11.1. The summed E-state index contributed by atoms with van der Waals surface area (Å²) in [6, 6.07) is 0. The molecule has 2 N–H and O–H groups in total. The van der Waals surface area contributed by atoms with Crippen LogP contribution in [0.2, 0.25) is 0 Å². The molecule has 1 rings (SSSR count). The third-order valence-electron chi connectivity index (χ3n) is 1.33. The molecule has 6 heteroatoms. The molecule has 0 aliphatic rings. The van der Waals surface area contributed by atoms with Crippen molar-refractivity contribution < 1.29 is 4.79 Å². The van der Waals surface area contributed by atoms with Gasteiger partial charge < -0.3 is 10.6 Å². The van der Waals surface area contributed by atoms with Crippen LogP contribution in [0.3, 0.4) is 0 Å². The Bertz CT molecular complexity index is 249. The van der Waals surface area contributed by atoms with E-state index >= 15 is 0 Å². The lowest BCUT2D eigenvalue weighted by molar-refractivity contribution is -0.119. The number of nitrogens with zero attached hydrogens (tertiary/aromatic N) is 2. The smallest absolute Gasteiger partial charge is 0.239 e. The predicted molar refractivity (Wildman–Crippen MR) is 51.7 cm³/mol. The Morgan fingerprint density at radius 1 is 1.69 bits per heavy atom. The lowest BCUT2D eigenvalue weighted by atomic mass is 10.4. The highest BCUT2D eigenvalue weighted by Gasteiger charge is 2.00. The quantitative estimate of drug-likeness (QED) is 0.725. The highest BCUT2D eigenvalue weighted by molar-refractivity contribution is 7.09. The van der Waals surface area contributed by atoms with Crippen LogP contribution < -0.4 is 10.6 Å². The number of nitrogens with one attached hydrogen (secondary N) is 2. The molecule has 0 aliphatic carbocycles. The Balaban J connectivity index is 2.15. The average molecular weight is 200 g/mol. The van der Waals surface area contributed by atoms with Gasteiger partial charge in [-0.1, -0.05) is 6.92 Å². The zero-order valence-electron chi connectivity index (χ0n) is 7.41. The summed E-state index contributed by atoms with van der Waals surface area (Å²) in [7, 11) is 0. The van der Waals surface area contributed by atoms with Gasteiger partial charge in [0.25, 0.3) is 0 Å². The van der Waals surface area contributed by atoms with Crippen LogP contribution in [-0.4, -0.2) is 28.4 Å². The molecular weight excluding hydrogens is 188 g/mol. The van der Waals surface area contributed by atoms with Gasteiger partial charge >= 0.3 is 0 Å². The molecule has 13 heavy (non-hydrogen) atoms. The van der Waals surface area contributed by atoms with Crippen LogP contribution in [0.25, 0.3) is 0 Å². The van der Waals surface area contributed by atoms with Gasteiger partial charge in [-0.25, -0.2) is 4.98 Å². The third-order valence-corrected chi connectivity index (χ3v) is 1.96. The second kappa shape index (κ2) is 5.47. The molecule has 5 nitrogen and oxygen atoms in total. The van der Waals surface area contributed by atoms with E-state index in [1.54, 1.807) is 0 Å². The van der Waals surface area contributed by atoms with Gasteiger partial charge in [-0.2, -0.15) is 4.37 Å². The summed E-state index contributed by atoms with van der Waals surface area (Å²) in [5, 5.41) is 6.29. The molecule has 0 radical (unpaired) electrons. The summed E-state index contributed by atoms with van der Waals surface area (Å²) < 4.78 is 3.80. The fraction of sp³-hybridized carbons (Fsp3) is 0.571. The van der Waals surface area contributed by atoms with Crippen LogP contribution in [0.1, 0.15) is 13.3 Å². The molecule has 1 amide bonds. The summed E-state index contributed by atoms with van der Waals surface area (Å²) in [5.41, 5.74) is 0. The minimum Gasteiger partial charge on any atom is -0.355 e. The first-order valence-electron chi connectivity index (χ1n) is 4.10. The van der Waals surface area contributed by atoms with Crippen molar-refractivity contribution in [3.63, 3.8) is 0 Å². The highest BCUT2D eigenvalue weighted by Crippen LogP contribution is 2.04. The van der Waals surface area contributed by atoms with Gasteiger partial charge in [0.15, 0.2) is 0 Å². The van der Waals surface area contributed by atoms with Crippen LogP contribution in [0.5, 0.6) is 0 Å². The maximum Gasteiger partial charge on any atom is 0.239 e. The van der Waals surface area contributed by atoms with Gasteiger partial charge in [0.2, 0.25) is 11.0 Å². The van der Waals surface area contributed by atoms with Crippen LogP contribution in [0.4, 0.5) is 5.13 Å². The first-order valence-corrected chi connectivity index (χ1v) is 4.87. The van der Waals surface area contributed by atoms with Crippen LogP contribution in [0, 0.1) is 0 Å². The topological polar surface area (TPSA) is 66.9 Å². The zero-order valence-corrected chi connectivity index (χ0v) is 8.23. The van der Waals surface area contributed by atoms with Gasteiger partial charge in [-0.15, -0.1) is 0 Å². The lowest BCUT2D eigenvalue weighted by Gasteiger charge is -2.02. The van der Waals surface area contributed by atoms with Gasteiger partial charge in [0.05, 0.1) is 6.54 Å². The molecule has 72 valence electrons. The van der Waals surface area contributed by atoms with Gasteiger partial charge in [0, 0.05) is 18.1 Å². The zero-order chi connectivity index (χ0) is 9.52. The van der Waals surface area contributed by atoms with Gasteiger partial charge in [-0.3, -0.25) is 4.79 Å². The number of carbonyl (C=O) groups excluding carboxylic acids is 1. The molecule has 1 heterocycles. The molecule has 0 spiro atoms. The standard InChI is InChI=1S/C7H12N4OS/c1-2-3-8-6(12)4-9-7-10-5-11-13-7/h5H,2-4H2,1H3,(H,8,12)(H,9,10,11). The second-order valence-electron chi connectivity index (χ2n) is 2.45. The monoisotopic (exact) mass is 200 g/mol. The van der Waals surface area contributed by atoms with Crippen molar-refractivity contribution in [2.45, 2.75) is 13.3 Å². The minimum absolute atomic E-state index is 0.0166. The van der Waals surface area contributed by atoms with E-state index in [0.29, 0.717) is 5.13 Å². The van der Waals surface area contributed by atoms with E-state index in [2.05, 4.69) is 20.0 Å². The Hall–Kier alpha value is -1.17. The molecule has 0 atom stereocenters. The van der Waals surface area contributed by atoms with Crippen LogP contribution in [-0.2, 0) is 4.79 Å². The first kappa shape index (κ1) is 9.91. The van der Waals surface area contributed by atoms with Gasteiger partial charge in [0.1, 0.15) is 6.33 Å². The minimum atomic E-state index is -0.0166. The van der Waals surface area contributed by atoms with E-state index in [0.717, 1.165) is 13.0 Å². The number of aromatic nitrogens is 2. The van der Waals surface area contributed by atoms with Crippen LogP contribution in [0.15, 0.2) is 6.33 Å². The van der Waals surface area contributed by atoms with Crippen molar-refractivity contribution in [3.05, 3.63) is 6.33 Å². The maximum absolute atomic E-state index is 11.1. The molecular formula is C7H12N4OS. The van der Waals surface area contributed by atoms with Crippen molar-refractivity contribution in [1.29, 1.82) is 0 Å². The molecule has 0 saturated heterocycles. The SMILES string of the molecule is CCCNC(=O)CNc1ncns1. The van der Waals surface area contributed by atoms with E-state index in [9.17, 15) is 4.79 Å². The van der Waals surface area contributed by atoms with Crippen molar-refractivity contribution in [2.24, 2.45) is 0 Å². The average Bonchev–Trinajstić information content (AvgIpc) is 2.64. The second-order valence-corrected chi connectivity index (χ2v) is 3.23. The van der Waals surface area contributed by atoms with E-state index in [1.807, 2.05) is 6.92 Å². The normalized spacial score (nSPS) is 9.62.